The molecule has 0 radical (unpaired) electrons. The predicted molar refractivity (Wildman–Crippen MR) is 162 cm³/mol. The van der Waals surface area contributed by atoms with Crippen LogP contribution < -0.4 is 10.2 Å². The molecule has 11 heteroatoms. The number of ether oxygens (including phenoxy) is 1. The second-order valence-electron chi connectivity index (χ2n) is 10.4. The van der Waals surface area contributed by atoms with Gasteiger partial charge in [0, 0.05) is 56.1 Å². The topological polar surface area (TPSA) is 119 Å². The van der Waals surface area contributed by atoms with Crippen molar-refractivity contribution in [1.29, 1.82) is 0 Å². The SMILES string of the molecule is C.COC(=O)c1cnc(Nc2cc([N+](=O)[O-])c(N(C)CCN(C)C)cc2C)nc1-c1cn2c3c(cccc13)CCC2. The lowest BCUT2D eigenvalue weighted by molar-refractivity contribution is -0.384. The number of likely N-dealkylation sites (N-methyl/N-ethyl adjacent to an activating group) is 2. The number of nitrogens with one attached hydrogen (secondary N) is 1. The number of para-hydroxylation sites is 1. The van der Waals surface area contributed by atoms with Crippen molar-refractivity contribution in [3.63, 3.8) is 0 Å². The van der Waals surface area contributed by atoms with Gasteiger partial charge in [0.05, 0.1) is 28.9 Å². The molecule has 3 heterocycles. The van der Waals surface area contributed by atoms with E-state index in [2.05, 4.69) is 20.9 Å². The van der Waals surface area contributed by atoms with Crippen molar-refractivity contribution in [3.8, 4) is 11.3 Å². The second kappa shape index (κ2) is 11.9. The molecule has 216 valence electrons. The lowest BCUT2D eigenvalue weighted by atomic mass is 10.0. The van der Waals surface area contributed by atoms with Crippen LogP contribution in [-0.2, 0) is 17.7 Å². The van der Waals surface area contributed by atoms with Gasteiger partial charge >= 0.3 is 5.97 Å². The van der Waals surface area contributed by atoms with Crippen LogP contribution in [0.2, 0.25) is 0 Å². The predicted octanol–water partition coefficient (Wildman–Crippen LogP) is 5.43. The molecule has 0 bridgehead atoms. The number of anilines is 3. The van der Waals surface area contributed by atoms with Gasteiger partial charge in [-0.3, -0.25) is 10.1 Å². The summed E-state index contributed by atoms with van der Waals surface area (Å²) in [4.78, 5) is 37.4. The molecule has 1 N–H and O–H groups in total. The number of hydrogen-bond donors (Lipinski definition) is 1. The Labute approximate surface area is 239 Å². The molecule has 4 aromatic rings. The summed E-state index contributed by atoms with van der Waals surface area (Å²) >= 11 is 0. The molecular weight excluding hydrogens is 522 g/mol. The molecule has 0 amide bonds. The zero-order valence-corrected chi connectivity index (χ0v) is 23.4. The average molecular weight is 560 g/mol. The number of benzene rings is 2. The fourth-order valence-corrected chi connectivity index (χ4v) is 5.21. The number of nitrogens with zero attached hydrogens (tertiary/aromatic N) is 6. The Morgan fingerprint density at radius 3 is 2.71 bits per heavy atom. The Balaban J connectivity index is 0.00000387. The van der Waals surface area contributed by atoms with Crippen LogP contribution in [0.15, 0.2) is 42.7 Å². The molecule has 0 aliphatic carbocycles. The highest BCUT2D eigenvalue weighted by molar-refractivity contribution is 6.03. The summed E-state index contributed by atoms with van der Waals surface area (Å²) < 4.78 is 7.25. The lowest BCUT2D eigenvalue weighted by Crippen LogP contribution is -2.29. The van der Waals surface area contributed by atoms with Crippen LogP contribution in [0.5, 0.6) is 0 Å². The van der Waals surface area contributed by atoms with Crippen LogP contribution in [0, 0.1) is 17.0 Å². The number of rotatable bonds is 9. The number of carbonyl (C=O) groups is 1. The number of carbonyl (C=O) groups excluding carboxylic acids is 1. The van der Waals surface area contributed by atoms with E-state index in [1.165, 1.54) is 24.9 Å². The highest BCUT2D eigenvalue weighted by atomic mass is 16.6. The number of esters is 1. The molecule has 2 aromatic carbocycles. The molecule has 0 unspecified atom stereocenters. The smallest absolute Gasteiger partial charge is 0.341 e. The maximum absolute atomic E-state index is 12.7. The molecule has 11 nitrogen and oxygen atoms in total. The molecular formula is C30H37N7O4. The summed E-state index contributed by atoms with van der Waals surface area (Å²) in [5, 5.41) is 16.2. The third-order valence-electron chi connectivity index (χ3n) is 7.33. The molecule has 0 fully saturated rings. The van der Waals surface area contributed by atoms with Gasteiger partial charge in [0.1, 0.15) is 11.3 Å². The van der Waals surface area contributed by atoms with Crippen LogP contribution in [0.1, 0.15) is 35.3 Å². The van der Waals surface area contributed by atoms with Gasteiger partial charge in [-0.25, -0.2) is 14.8 Å². The van der Waals surface area contributed by atoms with Crippen molar-refractivity contribution in [2.24, 2.45) is 0 Å². The van der Waals surface area contributed by atoms with Crippen molar-refractivity contribution >= 4 is 39.9 Å². The zero-order valence-electron chi connectivity index (χ0n) is 23.4. The summed E-state index contributed by atoms with van der Waals surface area (Å²) in [6, 6.07) is 9.49. The molecule has 5 rings (SSSR count). The van der Waals surface area contributed by atoms with Crippen molar-refractivity contribution in [2.75, 3.05) is 51.6 Å². The average Bonchev–Trinajstić information content (AvgIpc) is 3.32. The van der Waals surface area contributed by atoms with E-state index in [9.17, 15) is 14.9 Å². The second-order valence-corrected chi connectivity index (χ2v) is 10.4. The molecule has 0 atom stereocenters. The Morgan fingerprint density at radius 1 is 1.22 bits per heavy atom. The van der Waals surface area contributed by atoms with Crippen molar-refractivity contribution in [3.05, 3.63) is 69.5 Å². The molecule has 0 spiro atoms. The minimum atomic E-state index is -0.537. The van der Waals surface area contributed by atoms with Crippen molar-refractivity contribution in [2.45, 2.75) is 33.7 Å². The third-order valence-corrected chi connectivity index (χ3v) is 7.33. The first-order chi connectivity index (χ1) is 19.2. The van der Waals surface area contributed by atoms with Crippen molar-refractivity contribution in [1.82, 2.24) is 19.4 Å². The van der Waals surface area contributed by atoms with E-state index in [0.717, 1.165) is 48.0 Å². The summed E-state index contributed by atoms with van der Waals surface area (Å²) in [6.45, 7) is 4.16. The van der Waals surface area contributed by atoms with Crippen LogP contribution in [0.25, 0.3) is 22.2 Å². The zero-order chi connectivity index (χ0) is 28.6. The first-order valence-corrected chi connectivity index (χ1v) is 13.2. The highest BCUT2D eigenvalue weighted by Crippen LogP contribution is 2.38. The van der Waals surface area contributed by atoms with Crippen LogP contribution >= 0.6 is 0 Å². The molecule has 0 saturated carbocycles. The van der Waals surface area contributed by atoms with E-state index < -0.39 is 5.97 Å². The maximum Gasteiger partial charge on any atom is 0.341 e. The monoisotopic (exact) mass is 559 g/mol. The Hall–Kier alpha value is -4.51. The van der Waals surface area contributed by atoms with Crippen LogP contribution in [-0.4, -0.2) is 71.7 Å². The van der Waals surface area contributed by atoms with E-state index in [0.29, 0.717) is 23.6 Å². The first kappa shape index (κ1) is 29.5. The highest BCUT2D eigenvalue weighted by Gasteiger charge is 2.24. The van der Waals surface area contributed by atoms with E-state index in [1.54, 1.807) is 6.07 Å². The van der Waals surface area contributed by atoms with Gasteiger partial charge in [0.15, 0.2) is 0 Å². The fourth-order valence-electron chi connectivity index (χ4n) is 5.21. The first-order valence-electron chi connectivity index (χ1n) is 13.2. The van der Waals surface area contributed by atoms with Gasteiger partial charge in [0.2, 0.25) is 5.95 Å². The van der Waals surface area contributed by atoms with E-state index in [-0.39, 0.29) is 29.5 Å². The largest absolute Gasteiger partial charge is 0.465 e. The standard InChI is InChI=1S/C29H33N7O4.CH4/c1-18-14-24(34(4)13-12-33(2)3)25(36(38)39)15-23(18)31-29-30-16-21(28(37)40-5)26(32-29)22-17-35-11-7-9-19-8-6-10-20(22)27(19)35;/h6,8,10,14-17H,7,9,11-13H2,1-5H3,(H,30,31,32);1H4. The molecule has 0 saturated heterocycles. The Morgan fingerprint density at radius 2 is 2.00 bits per heavy atom. The van der Waals surface area contributed by atoms with Crippen LogP contribution in [0.3, 0.4) is 0 Å². The number of nitro benzene ring substituents is 1. The van der Waals surface area contributed by atoms with Crippen molar-refractivity contribution < 1.29 is 14.5 Å². The van der Waals surface area contributed by atoms with Crippen LogP contribution in [0.4, 0.5) is 23.0 Å². The quantitative estimate of drug-likeness (QED) is 0.163. The lowest BCUT2D eigenvalue weighted by Gasteiger charge is -2.22. The minimum Gasteiger partial charge on any atom is -0.465 e. The number of aromatic nitrogens is 3. The maximum atomic E-state index is 12.7. The molecule has 2 aromatic heterocycles. The number of methoxy groups -OCH3 is 1. The van der Waals surface area contributed by atoms with Gasteiger partial charge in [0.25, 0.3) is 5.69 Å². The Kier molecular flexibility index (Phi) is 8.57. The fraction of sp³-hybridized carbons (Fsp3) is 0.367. The van der Waals surface area contributed by atoms with Gasteiger partial charge in [-0.1, -0.05) is 25.6 Å². The third kappa shape index (κ3) is 5.71. The minimum absolute atomic E-state index is 0. The Bertz CT molecular complexity index is 1610. The molecule has 1 aliphatic rings. The molecule has 41 heavy (non-hydrogen) atoms. The number of nitro groups is 1. The summed E-state index contributed by atoms with van der Waals surface area (Å²) in [7, 11) is 7.10. The normalized spacial score (nSPS) is 12.2. The summed E-state index contributed by atoms with van der Waals surface area (Å²) in [5.41, 5.74) is 5.74. The molecule has 1 aliphatic heterocycles. The van der Waals surface area contributed by atoms with E-state index in [4.69, 9.17) is 9.72 Å². The van der Waals surface area contributed by atoms with E-state index in [1.807, 2.05) is 56.2 Å². The van der Waals surface area contributed by atoms with Gasteiger partial charge in [-0.2, -0.15) is 0 Å². The summed E-state index contributed by atoms with van der Waals surface area (Å²) in [6.07, 6.45) is 5.51. The van der Waals surface area contributed by atoms with Gasteiger partial charge in [-0.15, -0.1) is 0 Å². The number of hydrogen-bond acceptors (Lipinski definition) is 9. The van der Waals surface area contributed by atoms with Gasteiger partial charge < -0.3 is 24.4 Å². The van der Waals surface area contributed by atoms with E-state index >= 15 is 0 Å². The summed E-state index contributed by atoms with van der Waals surface area (Å²) in [5.74, 6) is -0.314. The number of aryl methyl sites for hydroxylation is 3. The van der Waals surface area contributed by atoms with Gasteiger partial charge in [-0.05, 0) is 51.1 Å².